The second-order valence-electron chi connectivity index (χ2n) is 3.36. The number of hydrogen-bond acceptors (Lipinski definition) is 4. The number of thioether (sulfide) groups is 2. The summed E-state index contributed by atoms with van der Waals surface area (Å²) in [6.45, 7) is 4.33. The highest BCUT2D eigenvalue weighted by Crippen LogP contribution is 2.38. The Bertz CT molecular complexity index is 343. The molecule has 0 aliphatic carbocycles. The van der Waals surface area contributed by atoms with Crippen molar-refractivity contribution in [1.82, 2.24) is 0 Å². The molecule has 1 aromatic rings. The lowest BCUT2D eigenvalue weighted by atomic mass is 10.1. The van der Waals surface area contributed by atoms with Crippen molar-refractivity contribution in [3.05, 3.63) is 35.4 Å². The second kappa shape index (κ2) is 7.67. The molecule has 4 heteroatoms. The maximum atomic E-state index is 11.3. The van der Waals surface area contributed by atoms with Crippen LogP contribution in [0.4, 0.5) is 0 Å². The molecule has 0 saturated carbocycles. The average molecular weight is 270 g/mol. The van der Waals surface area contributed by atoms with Crippen molar-refractivity contribution in [3.63, 3.8) is 0 Å². The Morgan fingerprint density at radius 3 is 2.12 bits per heavy atom. The lowest BCUT2D eigenvalue weighted by Crippen LogP contribution is -2.01. The summed E-state index contributed by atoms with van der Waals surface area (Å²) in [5.74, 6) is 1.91. The fourth-order valence-corrected chi connectivity index (χ4v) is 3.94. The van der Waals surface area contributed by atoms with Gasteiger partial charge in [-0.2, -0.15) is 0 Å². The monoisotopic (exact) mass is 270 g/mol. The van der Waals surface area contributed by atoms with Crippen LogP contribution in [0.25, 0.3) is 0 Å². The second-order valence-corrected chi connectivity index (χ2v) is 6.42. The van der Waals surface area contributed by atoms with Crippen LogP contribution < -0.4 is 0 Å². The minimum Gasteiger partial charge on any atom is -0.465 e. The van der Waals surface area contributed by atoms with Gasteiger partial charge in [-0.1, -0.05) is 26.0 Å². The molecular weight excluding hydrogens is 252 g/mol. The molecule has 2 nitrogen and oxygen atoms in total. The molecule has 0 amide bonds. The Balaban J connectivity index is 2.80. The van der Waals surface area contributed by atoms with Crippen LogP contribution in [0.15, 0.2) is 24.3 Å². The molecule has 17 heavy (non-hydrogen) atoms. The number of ether oxygens (including phenoxy) is 1. The minimum atomic E-state index is -0.278. The van der Waals surface area contributed by atoms with Crippen molar-refractivity contribution in [1.29, 1.82) is 0 Å². The number of carbonyl (C=O) groups is 1. The molecule has 0 unspecified atom stereocenters. The molecule has 0 aliphatic rings. The summed E-state index contributed by atoms with van der Waals surface area (Å²) in [5.41, 5.74) is 1.87. The summed E-state index contributed by atoms with van der Waals surface area (Å²) in [5, 5.41) is 0. The number of hydrogen-bond donors (Lipinski definition) is 0. The van der Waals surface area contributed by atoms with Crippen molar-refractivity contribution in [2.45, 2.75) is 18.4 Å². The predicted octanol–water partition coefficient (Wildman–Crippen LogP) is 3.98. The van der Waals surface area contributed by atoms with E-state index in [1.54, 1.807) is 0 Å². The van der Waals surface area contributed by atoms with Gasteiger partial charge in [0.25, 0.3) is 0 Å². The molecule has 0 aromatic heterocycles. The molecule has 94 valence electrons. The maximum absolute atomic E-state index is 11.3. The van der Waals surface area contributed by atoms with Gasteiger partial charge >= 0.3 is 5.97 Å². The van der Waals surface area contributed by atoms with Crippen LogP contribution in [0.5, 0.6) is 0 Å². The first-order valence-electron chi connectivity index (χ1n) is 5.64. The molecule has 0 N–H and O–H groups in total. The molecular formula is C13H18O2S2. The highest BCUT2D eigenvalue weighted by Gasteiger charge is 2.12. The van der Waals surface area contributed by atoms with Crippen molar-refractivity contribution in [2.75, 3.05) is 18.6 Å². The Labute approximate surface area is 112 Å². The van der Waals surface area contributed by atoms with Gasteiger partial charge in [0.2, 0.25) is 0 Å². The van der Waals surface area contributed by atoms with Crippen LogP contribution in [-0.2, 0) is 4.74 Å². The number of esters is 1. The van der Waals surface area contributed by atoms with Gasteiger partial charge in [-0.05, 0) is 29.2 Å². The number of methoxy groups -OCH3 is 1. The summed E-state index contributed by atoms with van der Waals surface area (Å²) in [6.07, 6.45) is 0. The number of rotatable bonds is 6. The first-order chi connectivity index (χ1) is 8.22. The zero-order valence-electron chi connectivity index (χ0n) is 10.4. The van der Waals surface area contributed by atoms with E-state index in [9.17, 15) is 4.79 Å². The van der Waals surface area contributed by atoms with Gasteiger partial charge in [-0.15, -0.1) is 23.5 Å². The minimum absolute atomic E-state index is 0.278. The number of benzene rings is 1. The summed E-state index contributed by atoms with van der Waals surface area (Å²) >= 11 is 3.84. The normalized spacial score (nSPS) is 10.6. The molecule has 0 heterocycles. The van der Waals surface area contributed by atoms with Crippen molar-refractivity contribution >= 4 is 29.5 Å². The Hall–Kier alpha value is -0.610. The van der Waals surface area contributed by atoms with Gasteiger partial charge in [0.05, 0.1) is 17.3 Å². The van der Waals surface area contributed by atoms with E-state index >= 15 is 0 Å². The topological polar surface area (TPSA) is 26.3 Å². The van der Waals surface area contributed by atoms with E-state index in [4.69, 9.17) is 0 Å². The third kappa shape index (κ3) is 4.28. The van der Waals surface area contributed by atoms with Crippen molar-refractivity contribution < 1.29 is 9.53 Å². The predicted molar refractivity (Wildman–Crippen MR) is 76.8 cm³/mol. The fourth-order valence-electron chi connectivity index (χ4n) is 1.44. The standard InChI is InChI=1S/C13H18O2S2/c1-4-16-13(17-5-2)11-8-6-10(7-9-11)12(14)15-3/h6-9,13H,4-5H2,1-3H3. The molecule has 0 radical (unpaired) electrons. The van der Waals surface area contributed by atoms with Gasteiger partial charge in [0.1, 0.15) is 0 Å². The molecule has 1 rings (SSSR count). The van der Waals surface area contributed by atoms with E-state index in [0.29, 0.717) is 10.1 Å². The molecule has 1 aromatic carbocycles. The average Bonchev–Trinajstić information content (AvgIpc) is 2.38. The fraction of sp³-hybridized carbons (Fsp3) is 0.462. The van der Waals surface area contributed by atoms with E-state index in [2.05, 4.69) is 18.6 Å². The first-order valence-corrected chi connectivity index (χ1v) is 7.74. The smallest absolute Gasteiger partial charge is 0.337 e. The van der Waals surface area contributed by atoms with Crippen LogP contribution in [0.3, 0.4) is 0 Å². The van der Waals surface area contributed by atoms with Gasteiger partial charge in [-0.3, -0.25) is 0 Å². The van der Waals surface area contributed by atoms with Crippen LogP contribution in [-0.4, -0.2) is 24.6 Å². The lowest BCUT2D eigenvalue weighted by Gasteiger charge is -2.15. The molecule has 0 spiro atoms. The van der Waals surface area contributed by atoms with Gasteiger partial charge in [0, 0.05) is 0 Å². The summed E-state index contributed by atoms with van der Waals surface area (Å²) in [7, 11) is 1.40. The molecule has 0 fully saturated rings. The molecule has 0 bridgehead atoms. The first kappa shape index (κ1) is 14.5. The lowest BCUT2D eigenvalue weighted by molar-refractivity contribution is 0.0600. The van der Waals surface area contributed by atoms with E-state index in [1.807, 2.05) is 47.8 Å². The van der Waals surface area contributed by atoms with Crippen molar-refractivity contribution in [2.24, 2.45) is 0 Å². The highest BCUT2D eigenvalue weighted by atomic mass is 32.2. The molecule has 0 atom stereocenters. The third-order valence-electron chi connectivity index (χ3n) is 2.24. The third-order valence-corrected chi connectivity index (χ3v) is 4.87. The van der Waals surface area contributed by atoms with E-state index in [-0.39, 0.29) is 5.97 Å². The van der Waals surface area contributed by atoms with Crippen LogP contribution in [0.2, 0.25) is 0 Å². The quantitative estimate of drug-likeness (QED) is 0.577. The Morgan fingerprint density at radius 1 is 1.18 bits per heavy atom. The largest absolute Gasteiger partial charge is 0.465 e. The molecule has 0 aliphatic heterocycles. The zero-order chi connectivity index (χ0) is 12.7. The van der Waals surface area contributed by atoms with Crippen LogP contribution in [0, 0.1) is 0 Å². The van der Waals surface area contributed by atoms with Gasteiger partial charge < -0.3 is 4.74 Å². The van der Waals surface area contributed by atoms with Gasteiger partial charge in [-0.25, -0.2) is 4.79 Å². The molecule has 0 saturated heterocycles. The SMILES string of the molecule is CCSC(SCC)c1ccc(C(=O)OC)cc1. The van der Waals surface area contributed by atoms with E-state index in [0.717, 1.165) is 11.5 Å². The Kier molecular flexibility index (Phi) is 6.52. The highest BCUT2D eigenvalue weighted by molar-refractivity contribution is 8.16. The van der Waals surface area contributed by atoms with Crippen molar-refractivity contribution in [3.8, 4) is 0 Å². The van der Waals surface area contributed by atoms with E-state index in [1.165, 1.54) is 12.7 Å². The maximum Gasteiger partial charge on any atom is 0.337 e. The van der Waals surface area contributed by atoms with Crippen LogP contribution >= 0.6 is 23.5 Å². The van der Waals surface area contributed by atoms with Crippen LogP contribution in [0.1, 0.15) is 34.4 Å². The zero-order valence-corrected chi connectivity index (χ0v) is 12.1. The summed E-state index contributed by atoms with van der Waals surface area (Å²) in [6, 6.07) is 7.70. The van der Waals surface area contributed by atoms with Gasteiger partial charge in [0.15, 0.2) is 0 Å². The summed E-state index contributed by atoms with van der Waals surface area (Å²) in [4.78, 5) is 11.3. The number of carbonyl (C=O) groups excluding carboxylic acids is 1. The van der Waals surface area contributed by atoms with E-state index < -0.39 is 0 Å². The Morgan fingerprint density at radius 2 is 1.71 bits per heavy atom. The summed E-state index contributed by atoms with van der Waals surface area (Å²) < 4.78 is 5.14.